The number of hydrogen-bond acceptors (Lipinski definition) is 5. The van der Waals surface area contributed by atoms with Gasteiger partial charge in [0.15, 0.2) is 11.5 Å². The molecule has 0 spiro atoms. The van der Waals surface area contributed by atoms with Gasteiger partial charge in [-0.1, -0.05) is 43.6 Å². The maximum atomic E-state index is 12.9. The molecule has 2 aromatic heterocycles. The SMILES string of the molecule is CCn1cc(NC(=O)c2ccc(COc3cc(C)c(Cl)cc3C(C)C)o2)c(C(=O)Nc2ccccc2)n1. The van der Waals surface area contributed by atoms with Crippen LogP contribution in [0.4, 0.5) is 11.4 Å². The quantitative estimate of drug-likeness (QED) is 0.257. The standard InChI is InChI=1S/C28H29ClN4O4/c1-5-33-15-23(26(32-33)28(35)30-19-9-7-6-8-10-19)31-27(34)24-12-11-20(37-24)16-36-25-13-18(4)22(29)14-21(25)17(2)3/h6-15,17H,5,16H2,1-4H3,(H,30,35)(H,31,34). The van der Waals surface area contributed by atoms with Crippen molar-refractivity contribution in [3.05, 3.63) is 94.2 Å². The van der Waals surface area contributed by atoms with Crippen LogP contribution in [0, 0.1) is 6.92 Å². The van der Waals surface area contributed by atoms with Crippen LogP contribution in [0.5, 0.6) is 5.75 Å². The molecule has 4 rings (SSSR count). The first-order valence-electron chi connectivity index (χ1n) is 12.0. The fourth-order valence-corrected chi connectivity index (χ4v) is 3.88. The number of furan rings is 1. The molecule has 2 amide bonds. The predicted molar refractivity (Wildman–Crippen MR) is 144 cm³/mol. The van der Waals surface area contributed by atoms with Crippen molar-refractivity contribution < 1.29 is 18.7 Å². The minimum Gasteiger partial charge on any atom is -0.485 e. The zero-order valence-corrected chi connectivity index (χ0v) is 21.9. The molecule has 0 saturated carbocycles. The summed E-state index contributed by atoms with van der Waals surface area (Å²) in [5.41, 5.74) is 2.93. The van der Waals surface area contributed by atoms with Crippen LogP contribution < -0.4 is 15.4 Å². The fraction of sp³-hybridized carbons (Fsp3) is 0.250. The van der Waals surface area contributed by atoms with Crippen LogP contribution in [0.3, 0.4) is 0 Å². The zero-order valence-electron chi connectivity index (χ0n) is 21.2. The molecular formula is C28H29ClN4O4. The summed E-state index contributed by atoms with van der Waals surface area (Å²) in [5, 5.41) is 10.5. The number of amides is 2. The van der Waals surface area contributed by atoms with Gasteiger partial charge in [0.1, 0.15) is 18.1 Å². The topological polar surface area (TPSA) is 98.4 Å². The first kappa shape index (κ1) is 26.0. The van der Waals surface area contributed by atoms with E-state index in [4.69, 9.17) is 20.8 Å². The number of nitrogens with one attached hydrogen (secondary N) is 2. The van der Waals surface area contributed by atoms with Gasteiger partial charge in [0.25, 0.3) is 11.8 Å². The molecule has 0 unspecified atom stereocenters. The summed E-state index contributed by atoms with van der Waals surface area (Å²) < 4.78 is 13.3. The number of carbonyl (C=O) groups is 2. The summed E-state index contributed by atoms with van der Waals surface area (Å²) in [6.45, 7) is 8.63. The smallest absolute Gasteiger partial charge is 0.291 e. The van der Waals surface area contributed by atoms with E-state index < -0.39 is 11.8 Å². The molecule has 0 aliphatic carbocycles. The van der Waals surface area contributed by atoms with Crippen molar-refractivity contribution in [3.63, 3.8) is 0 Å². The number of aromatic nitrogens is 2. The molecule has 192 valence electrons. The number of hydrogen-bond donors (Lipinski definition) is 2. The fourth-order valence-electron chi connectivity index (χ4n) is 3.71. The first-order valence-corrected chi connectivity index (χ1v) is 12.4. The van der Waals surface area contributed by atoms with Crippen molar-refractivity contribution in [1.29, 1.82) is 0 Å². The zero-order chi connectivity index (χ0) is 26.5. The van der Waals surface area contributed by atoms with Gasteiger partial charge in [-0.2, -0.15) is 5.10 Å². The second-order valence-electron chi connectivity index (χ2n) is 8.87. The monoisotopic (exact) mass is 520 g/mol. The second-order valence-corrected chi connectivity index (χ2v) is 9.28. The lowest BCUT2D eigenvalue weighted by Crippen LogP contribution is -2.17. The van der Waals surface area contributed by atoms with Crippen molar-refractivity contribution in [1.82, 2.24) is 9.78 Å². The van der Waals surface area contributed by atoms with E-state index in [0.717, 1.165) is 16.9 Å². The van der Waals surface area contributed by atoms with E-state index in [1.807, 2.05) is 44.2 Å². The van der Waals surface area contributed by atoms with Gasteiger partial charge in [-0.25, -0.2) is 0 Å². The van der Waals surface area contributed by atoms with E-state index in [1.165, 1.54) is 0 Å². The van der Waals surface area contributed by atoms with Gasteiger partial charge < -0.3 is 19.8 Å². The molecule has 0 aliphatic heterocycles. The highest BCUT2D eigenvalue weighted by molar-refractivity contribution is 6.31. The highest BCUT2D eigenvalue weighted by Gasteiger charge is 2.21. The van der Waals surface area contributed by atoms with Crippen molar-refractivity contribution in [2.75, 3.05) is 10.6 Å². The van der Waals surface area contributed by atoms with E-state index >= 15 is 0 Å². The molecule has 4 aromatic rings. The van der Waals surface area contributed by atoms with Crippen LogP contribution in [0.15, 0.2) is 65.2 Å². The molecule has 0 radical (unpaired) electrons. The third kappa shape index (κ3) is 6.21. The summed E-state index contributed by atoms with van der Waals surface area (Å²) >= 11 is 6.28. The van der Waals surface area contributed by atoms with Crippen molar-refractivity contribution in [2.45, 2.75) is 46.8 Å². The summed E-state index contributed by atoms with van der Waals surface area (Å²) in [6, 6.07) is 16.1. The minimum atomic E-state index is -0.499. The van der Waals surface area contributed by atoms with Gasteiger partial charge in [-0.05, 0) is 67.3 Å². The molecule has 2 heterocycles. The minimum absolute atomic E-state index is 0.0913. The van der Waals surface area contributed by atoms with E-state index in [9.17, 15) is 9.59 Å². The Morgan fingerprint density at radius 1 is 1.08 bits per heavy atom. The average Bonchev–Trinajstić information content (AvgIpc) is 3.52. The largest absolute Gasteiger partial charge is 0.485 e. The number of anilines is 2. The van der Waals surface area contributed by atoms with E-state index in [0.29, 0.717) is 23.0 Å². The lowest BCUT2D eigenvalue weighted by molar-refractivity contribution is 0.0992. The first-order chi connectivity index (χ1) is 17.7. The van der Waals surface area contributed by atoms with Crippen LogP contribution in [-0.4, -0.2) is 21.6 Å². The number of carbonyl (C=O) groups excluding carboxylic acids is 2. The van der Waals surface area contributed by atoms with E-state index in [-0.39, 0.29) is 29.7 Å². The lowest BCUT2D eigenvalue weighted by atomic mass is 10.0. The molecule has 2 aromatic carbocycles. The Balaban J connectivity index is 1.46. The maximum Gasteiger partial charge on any atom is 0.291 e. The van der Waals surface area contributed by atoms with Crippen LogP contribution in [-0.2, 0) is 13.2 Å². The Labute approximate surface area is 220 Å². The predicted octanol–water partition coefficient (Wildman–Crippen LogP) is 6.66. The Morgan fingerprint density at radius 2 is 1.84 bits per heavy atom. The third-order valence-electron chi connectivity index (χ3n) is 5.75. The molecule has 37 heavy (non-hydrogen) atoms. The number of nitrogens with zero attached hydrogens (tertiary/aromatic N) is 2. The van der Waals surface area contributed by atoms with Gasteiger partial charge in [0.05, 0.1) is 5.69 Å². The number of benzene rings is 2. The normalized spacial score (nSPS) is 11.0. The van der Waals surface area contributed by atoms with Gasteiger partial charge in [-0.15, -0.1) is 0 Å². The summed E-state index contributed by atoms with van der Waals surface area (Å²) in [6.07, 6.45) is 1.61. The molecule has 0 bridgehead atoms. The maximum absolute atomic E-state index is 12.9. The molecule has 8 nitrogen and oxygen atoms in total. The molecular weight excluding hydrogens is 492 g/mol. The van der Waals surface area contributed by atoms with Gasteiger partial charge in [0, 0.05) is 23.5 Å². The van der Waals surface area contributed by atoms with Crippen molar-refractivity contribution in [3.8, 4) is 5.75 Å². The number of para-hydroxylation sites is 1. The number of rotatable bonds is 9. The van der Waals surface area contributed by atoms with Crippen LogP contribution in [0.25, 0.3) is 0 Å². The molecule has 0 atom stereocenters. The average molecular weight is 521 g/mol. The number of halogens is 1. The van der Waals surface area contributed by atoms with Crippen LogP contribution in [0.1, 0.15) is 64.6 Å². The Hall–Kier alpha value is -4.04. The Kier molecular flexibility index (Phi) is 7.98. The molecule has 0 aliphatic rings. The summed E-state index contributed by atoms with van der Waals surface area (Å²) in [7, 11) is 0. The summed E-state index contributed by atoms with van der Waals surface area (Å²) in [5.74, 6) is 0.596. The number of aryl methyl sites for hydroxylation is 2. The number of ether oxygens (including phenoxy) is 1. The van der Waals surface area contributed by atoms with Gasteiger partial charge in [0.2, 0.25) is 0 Å². The summed E-state index contributed by atoms with van der Waals surface area (Å²) in [4.78, 5) is 25.8. The Morgan fingerprint density at radius 3 is 2.54 bits per heavy atom. The van der Waals surface area contributed by atoms with Crippen LogP contribution in [0.2, 0.25) is 5.02 Å². The van der Waals surface area contributed by atoms with E-state index in [1.54, 1.807) is 35.1 Å². The third-order valence-corrected chi connectivity index (χ3v) is 6.16. The highest BCUT2D eigenvalue weighted by atomic mass is 35.5. The van der Waals surface area contributed by atoms with Crippen LogP contribution >= 0.6 is 11.6 Å². The van der Waals surface area contributed by atoms with E-state index in [2.05, 4.69) is 29.6 Å². The molecule has 2 N–H and O–H groups in total. The highest BCUT2D eigenvalue weighted by Crippen LogP contribution is 2.32. The lowest BCUT2D eigenvalue weighted by Gasteiger charge is -2.15. The van der Waals surface area contributed by atoms with Gasteiger partial charge >= 0.3 is 0 Å². The molecule has 9 heteroatoms. The molecule has 0 fully saturated rings. The second kappa shape index (κ2) is 11.3. The van der Waals surface area contributed by atoms with Crippen molar-refractivity contribution >= 4 is 34.8 Å². The molecule has 0 saturated heterocycles. The van der Waals surface area contributed by atoms with Gasteiger partial charge in [-0.3, -0.25) is 14.3 Å². The Bertz CT molecular complexity index is 1410. The van der Waals surface area contributed by atoms with Crippen molar-refractivity contribution in [2.24, 2.45) is 0 Å².